The first-order valence-corrected chi connectivity index (χ1v) is 14.4. The predicted octanol–water partition coefficient (Wildman–Crippen LogP) is 7.24. The van der Waals surface area contributed by atoms with E-state index in [1.54, 1.807) is 50.8 Å². The normalized spacial score (nSPS) is 15.1. The van der Waals surface area contributed by atoms with Crippen LogP contribution >= 0.6 is 11.6 Å². The molecule has 0 aromatic heterocycles. The zero-order valence-corrected chi connectivity index (χ0v) is 25.4. The standard InChI is InChI=1S/C33H35ClFNO6/c1-17-14-26-22(11-12-36(26)31(37)21-10-9-19(40-6)15-24(21)34)28(27(17)30(32(38)39)42-33(3,4)5)23-16-25(35)29-20(18(23)2)8-7-13-41-29/h9-10,14-16,30H,7-8,11-13H2,1-6H3,(H,38,39). The fourth-order valence-corrected chi connectivity index (χ4v) is 6.25. The number of anilines is 1. The first-order chi connectivity index (χ1) is 19.8. The Balaban J connectivity index is 1.76. The van der Waals surface area contributed by atoms with Crippen molar-refractivity contribution < 1.29 is 33.3 Å². The highest BCUT2D eigenvalue weighted by atomic mass is 35.5. The van der Waals surface area contributed by atoms with Gasteiger partial charge in [-0.2, -0.15) is 0 Å². The number of hydrogen-bond donors (Lipinski definition) is 1. The number of aryl methyl sites for hydroxylation is 1. The van der Waals surface area contributed by atoms with Gasteiger partial charge in [0.25, 0.3) is 5.91 Å². The van der Waals surface area contributed by atoms with Gasteiger partial charge in [-0.05, 0) is 112 Å². The van der Waals surface area contributed by atoms with E-state index in [-0.39, 0.29) is 16.7 Å². The fourth-order valence-electron chi connectivity index (χ4n) is 6.00. The molecule has 222 valence electrons. The topological polar surface area (TPSA) is 85.3 Å². The van der Waals surface area contributed by atoms with E-state index in [1.165, 1.54) is 13.2 Å². The largest absolute Gasteiger partial charge is 0.497 e. The quantitative estimate of drug-likeness (QED) is 0.323. The van der Waals surface area contributed by atoms with Gasteiger partial charge in [-0.3, -0.25) is 4.79 Å². The van der Waals surface area contributed by atoms with Crippen molar-refractivity contribution in [2.45, 2.75) is 65.6 Å². The van der Waals surface area contributed by atoms with Crippen molar-refractivity contribution in [2.75, 3.05) is 25.2 Å². The highest BCUT2D eigenvalue weighted by Gasteiger charge is 2.37. The predicted molar refractivity (Wildman–Crippen MR) is 160 cm³/mol. The number of aliphatic carboxylic acids is 1. The lowest BCUT2D eigenvalue weighted by Crippen LogP contribution is -2.30. The second-order valence-electron chi connectivity index (χ2n) is 11.8. The van der Waals surface area contributed by atoms with Crippen molar-refractivity contribution >= 4 is 29.2 Å². The average Bonchev–Trinajstić information content (AvgIpc) is 3.35. The van der Waals surface area contributed by atoms with E-state index in [0.29, 0.717) is 65.2 Å². The van der Waals surface area contributed by atoms with E-state index in [1.807, 2.05) is 13.0 Å². The zero-order chi connectivity index (χ0) is 30.5. The summed E-state index contributed by atoms with van der Waals surface area (Å²) in [6.07, 6.45) is 0.525. The van der Waals surface area contributed by atoms with Gasteiger partial charge >= 0.3 is 5.97 Å². The van der Waals surface area contributed by atoms with Crippen LogP contribution in [0, 0.1) is 19.7 Å². The molecule has 0 saturated heterocycles. The lowest BCUT2D eigenvalue weighted by atomic mass is 9.83. The summed E-state index contributed by atoms with van der Waals surface area (Å²) in [5.74, 6) is -1.15. The number of halogens is 2. The van der Waals surface area contributed by atoms with Gasteiger partial charge in [0.05, 0.1) is 29.9 Å². The lowest BCUT2D eigenvalue weighted by molar-refractivity contribution is -0.160. The minimum Gasteiger partial charge on any atom is -0.497 e. The van der Waals surface area contributed by atoms with Crippen molar-refractivity contribution in [3.05, 3.63) is 74.6 Å². The van der Waals surface area contributed by atoms with Crippen molar-refractivity contribution in [3.8, 4) is 22.6 Å². The molecule has 2 heterocycles. The molecule has 0 saturated carbocycles. The molecule has 1 amide bonds. The van der Waals surface area contributed by atoms with E-state index >= 15 is 4.39 Å². The number of carboxylic acids is 1. The summed E-state index contributed by atoms with van der Waals surface area (Å²) in [6, 6.07) is 8.15. The molecular formula is C33H35ClFNO6. The second kappa shape index (κ2) is 11.2. The van der Waals surface area contributed by atoms with E-state index in [9.17, 15) is 14.7 Å². The van der Waals surface area contributed by atoms with Crippen molar-refractivity contribution in [1.82, 2.24) is 0 Å². The van der Waals surface area contributed by atoms with Crippen LogP contribution in [0.2, 0.25) is 5.02 Å². The molecule has 7 nitrogen and oxygen atoms in total. The van der Waals surface area contributed by atoms with Crippen LogP contribution in [0.3, 0.4) is 0 Å². The van der Waals surface area contributed by atoms with Crippen LogP contribution in [0.5, 0.6) is 11.5 Å². The van der Waals surface area contributed by atoms with Gasteiger partial charge in [0.15, 0.2) is 17.7 Å². The Morgan fingerprint density at radius 3 is 2.50 bits per heavy atom. The first-order valence-electron chi connectivity index (χ1n) is 14.0. The molecule has 0 radical (unpaired) electrons. The van der Waals surface area contributed by atoms with Crippen molar-refractivity contribution in [2.24, 2.45) is 0 Å². The average molecular weight is 596 g/mol. The number of hydrogen-bond acceptors (Lipinski definition) is 5. The number of carbonyl (C=O) groups is 2. The Morgan fingerprint density at radius 2 is 1.86 bits per heavy atom. The number of rotatable bonds is 6. The highest BCUT2D eigenvalue weighted by Crippen LogP contribution is 2.48. The molecule has 3 aromatic carbocycles. The maximum absolute atomic E-state index is 15.6. The van der Waals surface area contributed by atoms with Crippen LogP contribution in [0.1, 0.15) is 71.5 Å². The molecule has 9 heteroatoms. The van der Waals surface area contributed by atoms with Gasteiger partial charge < -0.3 is 24.2 Å². The lowest BCUT2D eigenvalue weighted by Gasteiger charge is -2.30. The third-order valence-electron chi connectivity index (χ3n) is 7.85. The van der Waals surface area contributed by atoms with Gasteiger partial charge in [0.2, 0.25) is 0 Å². The Hall–Kier alpha value is -3.62. The molecule has 0 fully saturated rings. The number of methoxy groups -OCH3 is 1. The van der Waals surface area contributed by atoms with Crippen LogP contribution in [0.25, 0.3) is 11.1 Å². The minimum absolute atomic E-state index is 0.250. The maximum atomic E-state index is 15.6. The summed E-state index contributed by atoms with van der Waals surface area (Å²) >= 11 is 6.47. The fraction of sp³-hybridized carbons (Fsp3) is 0.394. The van der Waals surface area contributed by atoms with E-state index in [4.69, 9.17) is 25.8 Å². The summed E-state index contributed by atoms with van der Waals surface area (Å²) in [7, 11) is 1.52. The first kappa shape index (κ1) is 29.9. The number of benzene rings is 3. The number of fused-ring (bicyclic) bond motifs is 2. The van der Waals surface area contributed by atoms with Gasteiger partial charge in [0.1, 0.15) is 5.75 Å². The molecule has 3 aromatic rings. The van der Waals surface area contributed by atoms with E-state index in [2.05, 4.69) is 0 Å². The Kier molecular flexibility index (Phi) is 7.98. The number of amides is 1. The van der Waals surface area contributed by atoms with Crippen LogP contribution in [0.15, 0.2) is 30.3 Å². The zero-order valence-electron chi connectivity index (χ0n) is 24.7. The third-order valence-corrected chi connectivity index (χ3v) is 8.16. The molecule has 2 aliphatic rings. The molecule has 1 atom stereocenters. The Bertz CT molecular complexity index is 1590. The second-order valence-corrected chi connectivity index (χ2v) is 12.2. The molecule has 42 heavy (non-hydrogen) atoms. The highest BCUT2D eigenvalue weighted by molar-refractivity contribution is 6.34. The Labute approximate surface area is 250 Å². The van der Waals surface area contributed by atoms with Crippen molar-refractivity contribution in [3.63, 3.8) is 0 Å². The minimum atomic E-state index is -1.32. The molecule has 1 N–H and O–H groups in total. The van der Waals surface area contributed by atoms with Gasteiger partial charge in [-0.1, -0.05) is 11.6 Å². The number of carbonyl (C=O) groups excluding carboxylic acids is 1. The van der Waals surface area contributed by atoms with E-state index < -0.39 is 23.5 Å². The van der Waals surface area contributed by atoms with Crippen LogP contribution in [-0.2, 0) is 22.4 Å². The number of nitrogens with zero attached hydrogens (tertiary/aromatic N) is 1. The van der Waals surface area contributed by atoms with Crippen LogP contribution < -0.4 is 14.4 Å². The third kappa shape index (κ3) is 5.34. The SMILES string of the molecule is COc1ccc(C(=O)N2CCc3c2cc(C)c(C(OC(C)(C)C)C(=O)O)c3-c2cc(F)c3c(c2C)CCCO3)c(Cl)c1. The molecular weight excluding hydrogens is 561 g/mol. The molecule has 0 bridgehead atoms. The number of carboxylic acid groups (broad SMARTS) is 1. The Morgan fingerprint density at radius 1 is 1.12 bits per heavy atom. The summed E-state index contributed by atoms with van der Waals surface area (Å²) in [6.45, 7) is 9.90. The number of ether oxygens (including phenoxy) is 3. The summed E-state index contributed by atoms with van der Waals surface area (Å²) in [5, 5.41) is 10.7. The summed E-state index contributed by atoms with van der Waals surface area (Å²) in [4.78, 5) is 28.2. The summed E-state index contributed by atoms with van der Waals surface area (Å²) < 4.78 is 32.6. The molecule has 5 rings (SSSR count). The van der Waals surface area contributed by atoms with Gasteiger partial charge in [-0.25, -0.2) is 9.18 Å². The monoisotopic (exact) mass is 595 g/mol. The van der Waals surface area contributed by atoms with Gasteiger partial charge in [0, 0.05) is 23.4 Å². The smallest absolute Gasteiger partial charge is 0.337 e. The molecule has 0 aliphatic carbocycles. The molecule has 2 aliphatic heterocycles. The van der Waals surface area contributed by atoms with Crippen molar-refractivity contribution in [1.29, 1.82) is 0 Å². The van der Waals surface area contributed by atoms with Gasteiger partial charge in [-0.15, -0.1) is 0 Å². The van der Waals surface area contributed by atoms with E-state index in [0.717, 1.165) is 23.1 Å². The maximum Gasteiger partial charge on any atom is 0.337 e. The van der Waals surface area contributed by atoms with Crippen LogP contribution in [0.4, 0.5) is 10.1 Å². The summed E-state index contributed by atoms with van der Waals surface area (Å²) in [5.41, 5.74) is 4.77. The van der Waals surface area contributed by atoms with Crippen LogP contribution in [-0.4, -0.2) is 42.8 Å². The molecule has 1 unspecified atom stereocenters. The molecule has 0 spiro atoms.